The lowest BCUT2D eigenvalue weighted by molar-refractivity contribution is -0.141. The molecular weight excluding hydrogens is 575 g/mol. The smallest absolute Gasteiger partial charge is 0.254 e. The molecular formula is C25H25BrCl2N2O6. The molecule has 2 saturated heterocycles. The zero-order valence-electron chi connectivity index (χ0n) is 19.7. The van der Waals surface area contributed by atoms with Crippen molar-refractivity contribution in [3.8, 4) is 11.5 Å². The molecule has 8 nitrogen and oxygen atoms in total. The van der Waals surface area contributed by atoms with Gasteiger partial charge in [-0.2, -0.15) is 0 Å². The van der Waals surface area contributed by atoms with Crippen LogP contribution >= 0.6 is 39.1 Å². The minimum absolute atomic E-state index is 0.0518. The number of amides is 4. The Hall–Kier alpha value is -2.10. The van der Waals surface area contributed by atoms with E-state index in [1.54, 1.807) is 12.1 Å². The molecule has 4 amide bonds. The van der Waals surface area contributed by atoms with Crippen LogP contribution in [0.3, 0.4) is 0 Å². The third-order valence-corrected chi connectivity index (χ3v) is 10.0. The molecule has 36 heavy (non-hydrogen) atoms. The summed E-state index contributed by atoms with van der Waals surface area (Å²) in [5.74, 6) is -4.40. The Morgan fingerprint density at radius 3 is 2.47 bits per heavy atom. The van der Waals surface area contributed by atoms with Gasteiger partial charge in [0, 0.05) is 12.5 Å². The highest BCUT2D eigenvalue weighted by atomic mass is 79.9. The second-order valence-electron chi connectivity index (χ2n) is 9.75. The molecule has 0 bridgehead atoms. The lowest BCUT2D eigenvalue weighted by atomic mass is 9.56. The molecule has 6 atom stereocenters. The Morgan fingerprint density at radius 1 is 1.11 bits per heavy atom. The van der Waals surface area contributed by atoms with Gasteiger partial charge in [-0.3, -0.25) is 29.0 Å². The van der Waals surface area contributed by atoms with E-state index in [4.69, 9.17) is 27.9 Å². The predicted octanol–water partition coefficient (Wildman–Crippen LogP) is 3.52. The standard InChI is InChI=1S/C25H25BrCl2N2O6/c1-3-8-29-20(32)14-6-5-13-15(18(14)21(29)33)10-24(27)22(34)30(11-26)23(35)25(24,28)19(13)12-4-7-16(31)17(9-12)36-2/h4-5,7,9,14-15,18-19,31H,3,6,8,10-11H2,1-2H3/t14-,15+,18-,19-,24+,25-/m0/s1. The van der Waals surface area contributed by atoms with E-state index in [0.29, 0.717) is 30.5 Å². The van der Waals surface area contributed by atoms with Crippen LogP contribution in [0, 0.1) is 17.8 Å². The monoisotopic (exact) mass is 598 g/mol. The lowest BCUT2D eigenvalue weighted by Gasteiger charge is -2.50. The van der Waals surface area contributed by atoms with Gasteiger partial charge in [-0.05, 0) is 42.9 Å². The number of imide groups is 2. The average molecular weight is 600 g/mol. The Labute approximate surface area is 226 Å². The zero-order chi connectivity index (χ0) is 26.2. The summed E-state index contributed by atoms with van der Waals surface area (Å²) in [6.45, 7) is 2.22. The number of methoxy groups -OCH3 is 1. The van der Waals surface area contributed by atoms with E-state index < -0.39 is 45.2 Å². The number of carbonyl (C=O) groups is 4. The van der Waals surface area contributed by atoms with Gasteiger partial charge in [0.2, 0.25) is 11.8 Å². The summed E-state index contributed by atoms with van der Waals surface area (Å²) < 4.78 is 5.29. The number of rotatable bonds is 5. The minimum Gasteiger partial charge on any atom is -0.504 e. The van der Waals surface area contributed by atoms with Gasteiger partial charge in [-0.1, -0.05) is 40.6 Å². The Balaban J connectivity index is 1.72. The molecule has 192 valence electrons. The highest BCUT2D eigenvalue weighted by Crippen LogP contribution is 2.65. The topological polar surface area (TPSA) is 104 Å². The number of phenols is 1. The average Bonchev–Trinajstić information content (AvgIpc) is 3.18. The Bertz CT molecular complexity index is 1220. The number of alkyl halides is 3. The van der Waals surface area contributed by atoms with E-state index >= 15 is 0 Å². The van der Waals surface area contributed by atoms with Gasteiger partial charge in [0.05, 0.1) is 24.4 Å². The second kappa shape index (κ2) is 8.74. The third kappa shape index (κ3) is 3.11. The fraction of sp³-hybridized carbons (Fsp3) is 0.520. The highest BCUT2D eigenvalue weighted by molar-refractivity contribution is 9.09. The van der Waals surface area contributed by atoms with Gasteiger partial charge >= 0.3 is 0 Å². The molecule has 0 radical (unpaired) electrons. The number of likely N-dealkylation sites (tertiary alicyclic amines) is 2. The zero-order valence-corrected chi connectivity index (χ0v) is 22.8. The maximum absolute atomic E-state index is 13.7. The molecule has 4 aliphatic rings. The molecule has 5 rings (SSSR count). The number of halogens is 3. The molecule has 2 aliphatic carbocycles. The number of aromatic hydroxyl groups is 1. The Morgan fingerprint density at radius 2 is 1.83 bits per heavy atom. The fourth-order valence-electron chi connectivity index (χ4n) is 6.51. The molecule has 1 saturated carbocycles. The van der Waals surface area contributed by atoms with Crippen molar-refractivity contribution in [3.63, 3.8) is 0 Å². The van der Waals surface area contributed by atoms with Crippen LogP contribution in [0.5, 0.6) is 11.5 Å². The summed E-state index contributed by atoms with van der Waals surface area (Å²) in [5, 5.41) is 10.2. The van der Waals surface area contributed by atoms with Gasteiger partial charge in [0.15, 0.2) is 21.2 Å². The first-order valence-corrected chi connectivity index (χ1v) is 13.7. The number of phenolic OH excluding ortho intramolecular Hbond substituents is 1. The molecule has 0 spiro atoms. The number of nitrogens with zero attached hydrogens (tertiary/aromatic N) is 2. The first kappa shape index (κ1) is 25.5. The number of hydrogen-bond donors (Lipinski definition) is 1. The van der Waals surface area contributed by atoms with Crippen molar-refractivity contribution >= 4 is 62.8 Å². The van der Waals surface area contributed by atoms with Crippen molar-refractivity contribution in [2.45, 2.75) is 41.9 Å². The SMILES string of the molecule is CCCN1C(=O)[C@H]2[C@H](CC=C3[C@H]2C[C@@]2(Cl)C(=O)N(CBr)C(=O)[C@@]2(Cl)[C@H]3c2ccc(O)c(OC)c2)C1=O. The molecule has 11 heteroatoms. The van der Waals surface area contributed by atoms with E-state index in [1.807, 2.05) is 13.0 Å². The van der Waals surface area contributed by atoms with Crippen molar-refractivity contribution in [2.24, 2.45) is 17.8 Å². The van der Waals surface area contributed by atoms with Crippen LogP contribution in [0.2, 0.25) is 0 Å². The van der Waals surface area contributed by atoms with Crippen molar-refractivity contribution in [3.05, 3.63) is 35.4 Å². The molecule has 0 aromatic heterocycles. The molecule has 1 N–H and O–H groups in total. The van der Waals surface area contributed by atoms with Crippen molar-refractivity contribution in [2.75, 3.05) is 19.1 Å². The van der Waals surface area contributed by atoms with Crippen molar-refractivity contribution in [1.29, 1.82) is 0 Å². The summed E-state index contributed by atoms with van der Waals surface area (Å²) in [6.07, 6.45) is 2.78. The van der Waals surface area contributed by atoms with Crippen molar-refractivity contribution in [1.82, 2.24) is 9.80 Å². The summed E-state index contributed by atoms with van der Waals surface area (Å²) >= 11 is 17.5. The summed E-state index contributed by atoms with van der Waals surface area (Å²) in [4.78, 5) is 52.4. The summed E-state index contributed by atoms with van der Waals surface area (Å²) in [5.41, 5.74) is 1.13. The molecule has 2 aliphatic heterocycles. The van der Waals surface area contributed by atoms with Gasteiger partial charge < -0.3 is 9.84 Å². The van der Waals surface area contributed by atoms with E-state index in [-0.39, 0.29) is 35.2 Å². The molecule has 2 heterocycles. The normalized spacial score (nSPS) is 35.5. The quantitative estimate of drug-likeness (QED) is 0.240. The molecule has 1 aromatic carbocycles. The molecule has 0 unspecified atom stereocenters. The van der Waals surface area contributed by atoms with Crippen LogP contribution in [0.25, 0.3) is 0 Å². The predicted molar refractivity (Wildman–Crippen MR) is 135 cm³/mol. The first-order chi connectivity index (χ1) is 17.1. The molecule has 1 aromatic rings. The van der Waals surface area contributed by atoms with E-state index in [1.165, 1.54) is 18.1 Å². The maximum atomic E-state index is 13.7. The highest BCUT2D eigenvalue weighted by Gasteiger charge is 2.76. The fourth-order valence-corrected chi connectivity index (χ4v) is 7.94. The van der Waals surface area contributed by atoms with Gasteiger partial charge in [-0.15, -0.1) is 23.2 Å². The van der Waals surface area contributed by atoms with E-state index in [0.717, 1.165) is 4.90 Å². The number of fused-ring (bicyclic) bond motifs is 4. The lowest BCUT2D eigenvalue weighted by Crippen LogP contribution is -2.60. The third-order valence-electron chi connectivity index (χ3n) is 8.09. The van der Waals surface area contributed by atoms with E-state index in [9.17, 15) is 24.3 Å². The van der Waals surface area contributed by atoms with Crippen LogP contribution in [0.15, 0.2) is 29.8 Å². The van der Waals surface area contributed by atoms with Crippen LogP contribution in [0.1, 0.15) is 37.7 Å². The van der Waals surface area contributed by atoms with E-state index in [2.05, 4.69) is 15.9 Å². The number of benzene rings is 1. The van der Waals surface area contributed by atoms with Crippen LogP contribution in [-0.2, 0) is 19.2 Å². The molecule has 3 fully saturated rings. The van der Waals surface area contributed by atoms with Gasteiger partial charge in [-0.25, -0.2) is 0 Å². The largest absolute Gasteiger partial charge is 0.504 e. The maximum Gasteiger partial charge on any atom is 0.254 e. The van der Waals surface area contributed by atoms with Crippen LogP contribution in [0.4, 0.5) is 0 Å². The Kier molecular flexibility index (Phi) is 6.20. The van der Waals surface area contributed by atoms with Crippen molar-refractivity contribution < 1.29 is 29.0 Å². The first-order valence-electron chi connectivity index (χ1n) is 11.8. The summed E-state index contributed by atoms with van der Waals surface area (Å²) in [7, 11) is 1.40. The number of ether oxygens (including phenoxy) is 1. The number of allylic oxidation sites excluding steroid dienone is 2. The second-order valence-corrected chi connectivity index (χ2v) is 11.5. The van der Waals surface area contributed by atoms with Gasteiger partial charge in [0.25, 0.3) is 11.8 Å². The van der Waals surface area contributed by atoms with Crippen LogP contribution < -0.4 is 4.74 Å². The number of carbonyl (C=O) groups excluding carboxylic acids is 4. The summed E-state index contributed by atoms with van der Waals surface area (Å²) in [6, 6.07) is 4.60. The minimum atomic E-state index is -1.88. The number of hydrogen-bond acceptors (Lipinski definition) is 6. The van der Waals surface area contributed by atoms with Crippen LogP contribution in [-0.4, -0.2) is 67.4 Å². The van der Waals surface area contributed by atoms with Gasteiger partial charge in [0.1, 0.15) is 0 Å².